The molecule has 6 nitrogen and oxygen atoms in total. The Morgan fingerprint density at radius 3 is 2.63 bits per heavy atom. The maximum absolute atomic E-state index is 12.7. The monoisotopic (exact) mass is 401 g/mol. The highest BCUT2D eigenvalue weighted by atomic mass is 32.2. The third-order valence-electron chi connectivity index (χ3n) is 4.64. The van der Waals surface area contributed by atoms with Gasteiger partial charge in [-0.05, 0) is 49.6 Å². The van der Waals surface area contributed by atoms with Crippen LogP contribution in [-0.4, -0.2) is 36.7 Å². The number of carbonyl (C=O) groups is 1. The number of aromatic nitrogens is 1. The number of nitrogens with zero attached hydrogens (tertiary/aromatic N) is 2. The van der Waals surface area contributed by atoms with Gasteiger partial charge in [0.05, 0.1) is 15.1 Å². The second-order valence-corrected chi connectivity index (χ2v) is 9.50. The largest absolute Gasteiger partial charge is 0.298 e. The molecule has 0 aliphatic carbocycles. The van der Waals surface area contributed by atoms with Crippen LogP contribution in [0.25, 0.3) is 10.2 Å². The van der Waals surface area contributed by atoms with E-state index >= 15 is 0 Å². The Morgan fingerprint density at radius 1 is 1.15 bits per heavy atom. The second kappa shape index (κ2) is 7.03. The average molecular weight is 402 g/mol. The minimum Gasteiger partial charge on any atom is -0.298 e. The number of sulfonamides is 1. The molecule has 2 heterocycles. The zero-order valence-electron chi connectivity index (χ0n) is 14.8. The van der Waals surface area contributed by atoms with Crippen LogP contribution in [0.15, 0.2) is 47.4 Å². The topological polar surface area (TPSA) is 79.4 Å². The van der Waals surface area contributed by atoms with Gasteiger partial charge >= 0.3 is 0 Å². The van der Waals surface area contributed by atoms with Gasteiger partial charge in [-0.2, -0.15) is 4.31 Å². The van der Waals surface area contributed by atoms with Gasteiger partial charge < -0.3 is 0 Å². The van der Waals surface area contributed by atoms with Crippen molar-refractivity contribution in [1.29, 1.82) is 0 Å². The predicted octanol–water partition coefficient (Wildman–Crippen LogP) is 3.64. The van der Waals surface area contributed by atoms with Gasteiger partial charge in [-0.1, -0.05) is 29.5 Å². The Kier molecular flexibility index (Phi) is 4.71. The first-order chi connectivity index (χ1) is 12.9. The van der Waals surface area contributed by atoms with Gasteiger partial charge in [0.25, 0.3) is 5.91 Å². The Hall–Kier alpha value is -2.29. The Bertz CT molecular complexity index is 1120. The summed E-state index contributed by atoms with van der Waals surface area (Å²) < 4.78 is 27.9. The van der Waals surface area contributed by atoms with E-state index in [2.05, 4.69) is 10.3 Å². The highest BCUT2D eigenvalue weighted by Gasteiger charge is 2.27. The summed E-state index contributed by atoms with van der Waals surface area (Å²) in [4.78, 5) is 17.2. The first-order valence-electron chi connectivity index (χ1n) is 8.73. The normalized spacial score (nSPS) is 15.3. The van der Waals surface area contributed by atoms with Gasteiger partial charge in [0.1, 0.15) is 0 Å². The van der Waals surface area contributed by atoms with E-state index in [4.69, 9.17) is 0 Å². The standard InChI is InChI=1S/C19H19N3O3S2/c1-13-6-4-9-16-17(13)20-19(26-16)21-18(23)14-7-5-8-15(12-14)27(24,25)22-10-2-3-11-22/h4-9,12H,2-3,10-11H2,1H3,(H,20,21,23). The van der Waals surface area contributed by atoms with Crippen molar-refractivity contribution in [3.8, 4) is 0 Å². The summed E-state index contributed by atoms with van der Waals surface area (Å²) in [5, 5.41) is 3.28. The van der Waals surface area contributed by atoms with Crippen molar-refractivity contribution in [2.45, 2.75) is 24.7 Å². The lowest BCUT2D eigenvalue weighted by molar-refractivity contribution is 0.102. The van der Waals surface area contributed by atoms with Crippen LogP contribution >= 0.6 is 11.3 Å². The summed E-state index contributed by atoms with van der Waals surface area (Å²) in [5.41, 5.74) is 2.21. The first-order valence-corrected chi connectivity index (χ1v) is 11.0. The number of benzene rings is 2. The van der Waals surface area contributed by atoms with Gasteiger partial charge in [-0.25, -0.2) is 13.4 Å². The highest BCUT2D eigenvalue weighted by molar-refractivity contribution is 7.89. The Balaban J connectivity index is 1.59. The summed E-state index contributed by atoms with van der Waals surface area (Å²) in [5.74, 6) is -0.370. The fourth-order valence-electron chi connectivity index (χ4n) is 3.18. The van der Waals surface area contributed by atoms with Crippen LogP contribution in [0.1, 0.15) is 28.8 Å². The van der Waals surface area contributed by atoms with Gasteiger partial charge in [-0.15, -0.1) is 0 Å². The number of aryl methyl sites for hydroxylation is 1. The molecule has 8 heteroatoms. The molecular weight excluding hydrogens is 382 g/mol. The van der Waals surface area contributed by atoms with Crippen LogP contribution in [0.2, 0.25) is 0 Å². The molecular formula is C19H19N3O3S2. The molecule has 1 N–H and O–H groups in total. The maximum Gasteiger partial charge on any atom is 0.257 e. The molecule has 140 valence electrons. The quantitative estimate of drug-likeness (QED) is 0.724. The van der Waals surface area contributed by atoms with Crippen molar-refractivity contribution in [3.63, 3.8) is 0 Å². The van der Waals surface area contributed by atoms with Crippen LogP contribution in [0.4, 0.5) is 5.13 Å². The van der Waals surface area contributed by atoms with Crippen molar-refractivity contribution in [3.05, 3.63) is 53.6 Å². The number of nitrogens with one attached hydrogen (secondary N) is 1. The average Bonchev–Trinajstić information content (AvgIpc) is 3.32. The fraction of sp³-hybridized carbons (Fsp3) is 0.263. The lowest BCUT2D eigenvalue weighted by Gasteiger charge is -2.15. The minimum absolute atomic E-state index is 0.150. The fourth-order valence-corrected chi connectivity index (χ4v) is 5.69. The number of hydrogen-bond acceptors (Lipinski definition) is 5. The van der Waals surface area contributed by atoms with Crippen LogP contribution in [-0.2, 0) is 10.0 Å². The van der Waals surface area contributed by atoms with Crippen molar-refractivity contribution in [2.75, 3.05) is 18.4 Å². The van der Waals surface area contributed by atoms with E-state index in [1.165, 1.54) is 27.8 Å². The number of carbonyl (C=O) groups excluding carboxylic acids is 1. The van der Waals surface area contributed by atoms with Crippen LogP contribution in [0.3, 0.4) is 0 Å². The van der Waals surface area contributed by atoms with E-state index in [9.17, 15) is 13.2 Å². The van der Waals surface area contributed by atoms with Crippen molar-refractivity contribution < 1.29 is 13.2 Å². The van der Waals surface area contributed by atoms with E-state index in [1.54, 1.807) is 12.1 Å². The molecule has 1 fully saturated rings. The third kappa shape index (κ3) is 3.47. The molecule has 1 aliphatic heterocycles. The van der Waals surface area contributed by atoms with Crippen molar-refractivity contribution in [2.24, 2.45) is 0 Å². The summed E-state index contributed by atoms with van der Waals surface area (Å²) in [6, 6.07) is 12.1. The molecule has 0 spiro atoms. The third-order valence-corrected chi connectivity index (χ3v) is 7.47. The summed E-state index contributed by atoms with van der Waals surface area (Å²) in [6.45, 7) is 3.04. The van der Waals surface area contributed by atoms with Crippen molar-refractivity contribution in [1.82, 2.24) is 9.29 Å². The molecule has 2 aromatic carbocycles. The maximum atomic E-state index is 12.7. The molecule has 4 rings (SSSR count). The molecule has 0 radical (unpaired) electrons. The molecule has 27 heavy (non-hydrogen) atoms. The van der Waals surface area contributed by atoms with Crippen LogP contribution < -0.4 is 5.32 Å². The van der Waals surface area contributed by atoms with Gasteiger partial charge in [-0.3, -0.25) is 10.1 Å². The molecule has 0 unspecified atom stereocenters. The van der Waals surface area contributed by atoms with E-state index < -0.39 is 10.0 Å². The number of hydrogen-bond donors (Lipinski definition) is 1. The lowest BCUT2D eigenvalue weighted by Crippen LogP contribution is -2.28. The Morgan fingerprint density at radius 2 is 1.89 bits per heavy atom. The summed E-state index contributed by atoms with van der Waals surface area (Å²) in [6.07, 6.45) is 1.74. The molecule has 0 bridgehead atoms. The first kappa shape index (κ1) is 18.1. The smallest absolute Gasteiger partial charge is 0.257 e. The SMILES string of the molecule is Cc1cccc2sc(NC(=O)c3cccc(S(=O)(=O)N4CCCC4)c3)nc12. The number of anilines is 1. The predicted molar refractivity (Wildman–Crippen MR) is 107 cm³/mol. The molecule has 1 aliphatic rings. The molecule has 1 amide bonds. The zero-order valence-corrected chi connectivity index (χ0v) is 16.4. The second-order valence-electron chi connectivity index (χ2n) is 6.53. The zero-order chi connectivity index (χ0) is 19.0. The van der Waals surface area contributed by atoms with E-state index in [1.807, 2.05) is 25.1 Å². The number of thiazole rings is 1. The van der Waals surface area contributed by atoms with Crippen molar-refractivity contribution >= 4 is 42.6 Å². The molecule has 0 atom stereocenters. The van der Waals surface area contributed by atoms with Gasteiger partial charge in [0.2, 0.25) is 10.0 Å². The number of amides is 1. The summed E-state index contributed by atoms with van der Waals surface area (Å²) in [7, 11) is -3.55. The van der Waals surface area contributed by atoms with Gasteiger partial charge in [0.15, 0.2) is 5.13 Å². The highest BCUT2D eigenvalue weighted by Crippen LogP contribution is 2.28. The van der Waals surface area contributed by atoms with Crippen LogP contribution in [0, 0.1) is 6.92 Å². The Labute approximate surface area is 161 Å². The van der Waals surface area contributed by atoms with E-state index in [0.717, 1.165) is 28.6 Å². The number of para-hydroxylation sites is 1. The summed E-state index contributed by atoms with van der Waals surface area (Å²) >= 11 is 1.40. The number of rotatable bonds is 4. The van der Waals surface area contributed by atoms with E-state index in [-0.39, 0.29) is 10.8 Å². The lowest BCUT2D eigenvalue weighted by atomic mass is 10.2. The molecule has 1 saturated heterocycles. The number of fused-ring (bicyclic) bond motifs is 1. The molecule has 1 aromatic heterocycles. The minimum atomic E-state index is -3.55. The molecule has 3 aromatic rings. The van der Waals surface area contributed by atoms with Gasteiger partial charge in [0, 0.05) is 18.7 Å². The van der Waals surface area contributed by atoms with E-state index in [0.29, 0.717) is 23.8 Å². The van der Waals surface area contributed by atoms with Crippen LogP contribution in [0.5, 0.6) is 0 Å². The molecule has 0 saturated carbocycles.